The summed E-state index contributed by atoms with van der Waals surface area (Å²) in [6.45, 7) is 7.38. The van der Waals surface area contributed by atoms with Crippen molar-refractivity contribution in [3.63, 3.8) is 0 Å². The third-order valence-corrected chi connectivity index (χ3v) is 4.79. The summed E-state index contributed by atoms with van der Waals surface area (Å²) >= 11 is 0. The molecule has 146 valence electrons. The summed E-state index contributed by atoms with van der Waals surface area (Å²) in [7, 11) is 0. The molecule has 4 rings (SSSR count). The first-order valence-electron chi connectivity index (χ1n) is 9.41. The van der Waals surface area contributed by atoms with E-state index in [9.17, 15) is 9.59 Å². The Labute approximate surface area is 164 Å². The Kier molecular flexibility index (Phi) is 4.41. The van der Waals surface area contributed by atoms with E-state index in [-0.39, 0.29) is 23.5 Å². The van der Waals surface area contributed by atoms with Gasteiger partial charge in [0.1, 0.15) is 11.5 Å². The van der Waals surface area contributed by atoms with Gasteiger partial charge in [0, 0.05) is 24.8 Å². The standard InChI is InChI=1S/C20H24N6O2/c1-20(2,3)24-18(27)14-7-8-15-17(22-14)26(13-9-11-25(15)12-13)19(28)23-16-6-4-5-10-21-16/h4-8,10,13H,9,11-12H2,1-3H3,(H,24,27)(H,21,23,28)/t13-/m0/s1. The summed E-state index contributed by atoms with van der Waals surface area (Å²) < 4.78 is 0. The number of hydrogen-bond donors (Lipinski definition) is 2. The zero-order valence-corrected chi connectivity index (χ0v) is 16.3. The van der Waals surface area contributed by atoms with Crippen LogP contribution >= 0.6 is 0 Å². The van der Waals surface area contributed by atoms with Crippen LogP contribution in [0.3, 0.4) is 0 Å². The number of rotatable bonds is 2. The summed E-state index contributed by atoms with van der Waals surface area (Å²) in [5.74, 6) is 0.744. The predicted octanol–water partition coefficient (Wildman–Crippen LogP) is 2.64. The number of urea groups is 1. The van der Waals surface area contributed by atoms with Crippen LogP contribution in [0.5, 0.6) is 0 Å². The first-order valence-corrected chi connectivity index (χ1v) is 9.41. The molecule has 2 aromatic heterocycles. The molecule has 0 radical (unpaired) electrons. The monoisotopic (exact) mass is 380 g/mol. The minimum absolute atomic E-state index is 0.0182. The van der Waals surface area contributed by atoms with E-state index >= 15 is 0 Å². The quantitative estimate of drug-likeness (QED) is 0.836. The fraction of sp³-hybridized carbons (Fsp3) is 0.400. The maximum absolute atomic E-state index is 13.0. The summed E-state index contributed by atoms with van der Waals surface area (Å²) in [6, 6.07) is 8.68. The molecule has 8 nitrogen and oxygen atoms in total. The Hall–Kier alpha value is -3.16. The van der Waals surface area contributed by atoms with Crippen LogP contribution in [0.25, 0.3) is 0 Å². The molecule has 2 bridgehead atoms. The van der Waals surface area contributed by atoms with Crippen molar-refractivity contribution in [1.29, 1.82) is 0 Å². The molecule has 3 amide bonds. The number of hydrogen-bond acceptors (Lipinski definition) is 5. The van der Waals surface area contributed by atoms with Crippen molar-refractivity contribution in [2.24, 2.45) is 0 Å². The number of pyridine rings is 2. The normalized spacial score (nSPS) is 17.9. The maximum Gasteiger partial charge on any atom is 0.329 e. The van der Waals surface area contributed by atoms with E-state index in [4.69, 9.17) is 0 Å². The van der Waals surface area contributed by atoms with Gasteiger partial charge < -0.3 is 10.2 Å². The van der Waals surface area contributed by atoms with Gasteiger partial charge in [-0.3, -0.25) is 15.0 Å². The van der Waals surface area contributed by atoms with Crippen LogP contribution in [-0.4, -0.2) is 46.6 Å². The van der Waals surface area contributed by atoms with E-state index in [2.05, 4.69) is 25.5 Å². The number of nitrogens with one attached hydrogen (secondary N) is 2. The van der Waals surface area contributed by atoms with Crippen molar-refractivity contribution in [2.75, 3.05) is 28.2 Å². The third-order valence-electron chi connectivity index (χ3n) is 4.79. The molecule has 8 heteroatoms. The molecule has 0 saturated carbocycles. The number of nitrogens with zero attached hydrogens (tertiary/aromatic N) is 4. The Balaban J connectivity index is 1.67. The zero-order chi connectivity index (χ0) is 19.9. The van der Waals surface area contributed by atoms with Gasteiger partial charge in [0.15, 0.2) is 5.82 Å². The summed E-state index contributed by atoms with van der Waals surface area (Å²) in [4.78, 5) is 38.2. The van der Waals surface area contributed by atoms with Gasteiger partial charge in [-0.1, -0.05) is 6.07 Å². The fourth-order valence-corrected chi connectivity index (χ4v) is 3.61. The summed E-state index contributed by atoms with van der Waals surface area (Å²) in [6.07, 6.45) is 2.49. The van der Waals surface area contributed by atoms with Gasteiger partial charge in [0.2, 0.25) is 0 Å². The highest BCUT2D eigenvalue weighted by atomic mass is 16.2. The second-order valence-electron chi connectivity index (χ2n) is 8.15. The molecular formula is C20H24N6O2. The summed E-state index contributed by atoms with van der Waals surface area (Å²) in [5, 5.41) is 5.76. The van der Waals surface area contributed by atoms with Gasteiger partial charge in [-0.25, -0.2) is 14.8 Å². The maximum atomic E-state index is 13.0. The van der Waals surface area contributed by atoms with Crippen LogP contribution in [0.1, 0.15) is 37.7 Å². The molecule has 2 aromatic rings. The van der Waals surface area contributed by atoms with E-state index in [0.717, 1.165) is 25.2 Å². The van der Waals surface area contributed by atoms with Crippen molar-refractivity contribution in [3.05, 3.63) is 42.2 Å². The lowest BCUT2D eigenvalue weighted by molar-refractivity contribution is 0.0914. The second kappa shape index (κ2) is 6.78. The van der Waals surface area contributed by atoms with Gasteiger partial charge >= 0.3 is 6.03 Å². The third kappa shape index (κ3) is 3.49. The zero-order valence-electron chi connectivity index (χ0n) is 16.3. The van der Waals surface area contributed by atoms with Crippen LogP contribution in [0, 0.1) is 0 Å². The first-order chi connectivity index (χ1) is 13.3. The largest absolute Gasteiger partial charge is 0.366 e. The fourth-order valence-electron chi connectivity index (χ4n) is 3.61. The molecule has 1 fully saturated rings. The van der Waals surface area contributed by atoms with Crippen molar-refractivity contribution in [3.8, 4) is 0 Å². The van der Waals surface area contributed by atoms with Gasteiger partial charge in [-0.05, 0) is 51.5 Å². The number of amides is 3. The molecule has 0 aromatic carbocycles. The Morgan fingerprint density at radius 2 is 2.00 bits per heavy atom. The number of carbonyl (C=O) groups excluding carboxylic acids is 2. The van der Waals surface area contributed by atoms with Crippen LogP contribution < -0.4 is 20.4 Å². The average molecular weight is 380 g/mol. The lowest BCUT2D eigenvalue weighted by atomic mass is 10.1. The first kappa shape index (κ1) is 18.2. The van der Waals surface area contributed by atoms with Crippen LogP contribution in [0.4, 0.5) is 22.1 Å². The molecule has 4 heterocycles. The van der Waals surface area contributed by atoms with Crippen LogP contribution in [-0.2, 0) is 0 Å². The van der Waals surface area contributed by atoms with Gasteiger partial charge in [0.05, 0.1) is 11.7 Å². The summed E-state index contributed by atoms with van der Waals surface area (Å²) in [5.41, 5.74) is 0.803. The molecule has 0 aliphatic carbocycles. The molecule has 1 atom stereocenters. The lowest BCUT2D eigenvalue weighted by Crippen LogP contribution is -2.48. The average Bonchev–Trinajstić information content (AvgIpc) is 3.05. The van der Waals surface area contributed by atoms with E-state index in [0.29, 0.717) is 17.3 Å². The number of carbonyl (C=O) groups is 2. The van der Waals surface area contributed by atoms with Gasteiger partial charge in [0.25, 0.3) is 5.91 Å². The minimum atomic E-state index is -0.368. The van der Waals surface area contributed by atoms with Crippen LogP contribution in [0.2, 0.25) is 0 Å². The van der Waals surface area contributed by atoms with E-state index in [1.165, 1.54) is 0 Å². The molecule has 0 unspecified atom stereocenters. The smallest absolute Gasteiger partial charge is 0.329 e. The molecule has 2 N–H and O–H groups in total. The topological polar surface area (TPSA) is 90.5 Å². The Bertz CT molecular complexity index is 909. The van der Waals surface area contributed by atoms with Crippen LogP contribution in [0.15, 0.2) is 36.5 Å². The Morgan fingerprint density at radius 1 is 1.18 bits per heavy atom. The highest BCUT2D eigenvalue weighted by Gasteiger charge is 2.40. The molecule has 2 aliphatic heterocycles. The van der Waals surface area contributed by atoms with Crippen molar-refractivity contribution in [2.45, 2.75) is 38.8 Å². The lowest BCUT2D eigenvalue weighted by Gasteiger charge is -2.35. The van der Waals surface area contributed by atoms with E-state index in [1.807, 2.05) is 32.9 Å². The van der Waals surface area contributed by atoms with E-state index < -0.39 is 0 Å². The highest BCUT2D eigenvalue weighted by molar-refractivity contribution is 6.05. The second-order valence-corrected chi connectivity index (χ2v) is 8.15. The molecule has 0 spiro atoms. The predicted molar refractivity (Wildman–Crippen MR) is 108 cm³/mol. The molecule has 28 heavy (non-hydrogen) atoms. The number of fused-ring (bicyclic) bond motifs is 4. The van der Waals surface area contributed by atoms with Crippen molar-refractivity contribution in [1.82, 2.24) is 15.3 Å². The van der Waals surface area contributed by atoms with E-state index in [1.54, 1.807) is 29.3 Å². The molecule has 1 saturated heterocycles. The van der Waals surface area contributed by atoms with Gasteiger partial charge in [-0.15, -0.1) is 0 Å². The van der Waals surface area contributed by atoms with Gasteiger partial charge in [-0.2, -0.15) is 0 Å². The SMILES string of the molecule is CC(C)(C)NC(=O)c1ccc2c(n1)N(C(=O)Nc1ccccn1)[C@H]1CCN2C1. The number of aromatic nitrogens is 2. The Morgan fingerprint density at radius 3 is 2.71 bits per heavy atom. The molecular weight excluding hydrogens is 356 g/mol. The van der Waals surface area contributed by atoms with Crippen molar-refractivity contribution < 1.29 is 9.59 Å². The minimum Gasteiger partial charge on any atom is -0.366 e. The molecule has 2 aliphatic rings. The highest BCUT2D eigenvalue weighted by Crippen LogP contribution is 2.39. The number of anilines is 3. The van der Waals surface area contributed by atoms with Crippen molar-refractivity contribution >= 4 is 29.3 Å².